The zero-order chi connectivity index (χ0) is 23.7. The van der Waals surface area contributed by atoms with E-state index in [1.165, 1.54) is 12.1 Å². The van der Waals surface area contributed by atoms with Crippen LogP contribution in [0.25, 0.3) is 22.4 Å². The lowest BCUT2D eigenvalue weighted by Gasteiger charge is -2.32. The molecule has 3 aromatic carbocycles. The molecule has 8 heteroatoms. The second kappa shape index (κ2) is 9.04. The van der Waals surface area contributed by atoms with Crippen LogP contribution in [0.2, 0.25) is 0 Å². The van der Waals surface area contributed by atoms with Crippen molar-refractivity contribution in [3.05, 3.63) is 78.4 Å². The van der Waals surface area contributed by atoms with E-state index in [0.29, 0.717) is 23.6 Å². The van der Waals surface area contributed by atoms with Crippen molar-refractivity contribution in [1.82, 2.24) is 14.3 Å². The Morgan fingerprint density at radius 1 is 1.00 bits per heavy atom. The smallest absolute Gasteiger partial charge is 0.255 e. The number of piperidine rings is 1. The fraction of sp³-hybridized carbons (Fsp3) is 0.231. The molecule has 0 aliphatic carbocycles. The Labute approximate surface area is 198 Å². The van der Waals surface area contributed by atoms with Gasteiger partial charge in [-0.3, -0.25) is 4.79 Å². The third-order valence-corrected chi connectivity index (χ3v) is 8.31. The Kier molecular flexibility index (Phi) is 5.93. The topological polar surface area (TPSA) is 95.2 Å². The Morgan fingerprint density at radius 3 is 2.50 bits per heavy atom. The first-order valence-electron chi connectivity index (χ1n) is 11.4. The summed E-state index contributed by atoms with van der Waals surface area (Å²) >= 11 is 0. The number of carbonyl (C=O) groups excluding carboxylic acids is 1. The maximum absolute atomic E-state index is 13.1. The van der Waals surface area contributed by atoms with Crippen LogP contribution in [0.1, 0.15) is 36.5 Å². The van der Waals surface area contributed by atoms with E-state index in [4.69, 9.17) is 0 Å². The molecule has 0 spiro atoms. The number of fused-ring (bicyclic) bond motifs is 1. The van der Waals surface area contributed by atoms with Gasteiger partial charge in [0, 0.05) is 23.7 Å². The molecule has 34 heavy (non-hydrogen) atoms. The highest BCUT2D eigenvalue weighted by Crippen LogP contribution is 2.29. The first kappa shape index (κ1) is 22.3. The summed E-state index contributed by atoms with van der Waals surface area (Å²) in [5.41, 5.74) is 3.53. The van der Waals surface area contributed by atoms with E-state index in [1.807, 2.05) is 55.5 Å². The summed E-state index contributed by atoms with van der Waals surface area (Å²) in [6, 6.07) is 21.3. The maximum atomic E-state index is 13.1. The van der Waals surface area contributed by atoms with E-state index in [-0.39, 0.29) is 16.8 Å². The molecule has 1 atom stereocenters. The van der Waals surface area contributed by atoms with Gasteiger partial charge in [-0.2, -0.15) is 4.31 Å². The van der Waals surface area contributed by atoms with Crippen molar-refractivity contribution >= 4 is 32.7 Å². The van der Waals surface area contributed by atoms with Crippen LogP contribution in [0.4, 0.5) is 5.69 Å². The van der Waals surface area contributed by atoms with Crippen LogP contribution in [0.3, 0.4) is 0 Å². The minimum atomic E-state index is -3.58. The molecule has 5 rings (SSSR count). The first-order chi connectivity index (χ1) is 16.4. The molecule has 0 radical (unpaired) electrons. The van der Waals surface area contributed by atoms with Gasteiger partial charge in [-0.05, 0) is 68.3 Å². The molecule has 1 saturated heterocycles. The Bertz CT molecular complexity index is 1410. The Morgan fingerprint density at radius 2 is 1.74 bits per heavy atom. The lowest BCUT2D eigenvalue weighted by atomic mass is 10.1. The zero-order valence-electron chi connectivity index (χ0n) is 18.9. The highest BCUT2D eigenvalue weighted by atomic mass is 32.2. The maximum Gasteiger partial charge on any atom is 0.255 e. The number of sulfonamides is 1. The number of hydrogen-bond donors (Lipinski definition) is 2. The summed E-state index contributed by atoms with van der Waals surface area (Å²) in [7, 11) is -3.58. The second-order valence-electron chi connectivity index (χ2n) is 8.59. The fourth-order valence-electron chi connectivity index (χ4n) is 4.42. The van der Waals surface area contributed by atoms with Gasteiger partial charge in [0.1, 0.15) is 5.82 Å². The number of carbonyl (C=O) groups is 1. The standard InChI is InChI=1S/C26H26N4O3S/c1-18-8-6-7-17-30(18)34(32,33)20-15-13-19(14-16-20)26(31)29-22-10-3-2-9-21(22)25-27-23-11-4-5-12-24(23)28-25/h2-5,9-16,18H,6-8,17H2,1H3,(H,27,28)(H,29,31)/t18-/m0/s1. The van der Waals surface area contributed by atoms with Crippen LogP contribution in [-0.2, 0) is 10.0 Å². The molecule has 4 aromatic rings. The van der Waals surface area contributed by atoms with Gasteiger partial charge in [0.25, 0.3) is 5.91 Å². The predicted octanol–water partition coefficient (Wildman–Crippen LogP) is 5.05. The van der Waals surface area contributed by atoms with Crippen molar-refractivity contribution in [2.24, 2.45) is 0 Å². The van der Waals surface area contributed by atoms with Crippen LogP contribution >= 0.6 is 0 Å². The molecule has 174 valence electrons. The summed E-state index contributed by atoms with van der Waals surface area (Å²) in [6.45, 7) is 2.47. The average molecular weight is 475 g/mol. The van der Waals surface area contributed by atoms with Gasteiger partial charge in [0.15, 0.2) is 0 Å². The summed E-state index contributed by atoms with van der Waals surface area (Å²) in [5.74, 6) is 0.341. The van der Waals surface area contributed by atoms with Crippen LogP contribution in [0.15, 0.2) is 77.7 Å². The third kappa shape index (κ3) is 4.22. The van der Waals surface area contributed by atoms with E-state index in [2.05, 4.69) is 15.3 Å². The minimum Gasteiger partial charge on any atom is -0.338 e. The number of amides is 1. The lowest BCUT2D eigenvalue weighted by Crippen LogP contribution is -2.41. The molecule has 1 aliphatic heterocycles. The summed E-state index contributed by atoms with van der Waals surface area (Å²) in [5, 5.41) is 2.94. The summed E-state index contributed by atoms with van der Waals surface area (Å²) < 4.78 is 27.7. The number of imidazole rings is 1. The largest absolute Gasteiger partial charge is 0.338 e. The molecule has 2 heterocycles. The van der Waals surface area contributed by atoms with E-state index in [9.17, 15) is 13.2 Å². The first-order valence-corrected chi connectivity index (χ1v) is 12.8. The highest BCUT2D eigenvalue weighted by molar-refractivity contribution is 7.89. The van der Waals surface area contributed by atoms with Gasteiger partial charge in [0.05, 0.1) is 21.6 Å². The number of nitrogens with zero attached hydrogens (tertiary/aromatic N) is 2. The molecule has 1 amide bonds. The van der Waals surface area contributed by atoms with E-state index in [1.54, 1.807) is 16.4 Å². The monoisotopic (exact) mass is 474 g/mol. The quantitative estimate of drug-likeness (QED) is 0.423. The Balaban J connectivity index is 1.37. The number of hydrogen-bond acceptors (Lipinski definition) is 4. The van der Waals surface area contributed by atoms with Gasteiger partial charge in [0.2, 0.25) is 10.0 Å². The van der Waals surface area contributed by atoms with Gasteiger partial charge in [-0.15, -0.1) is 0 Å². The van der Waals surface area contributed by atoms with Crippen LogP contribution < -0.4 is 5.32 Å². The Hall–Kier alpha value is -3.49. The van der Waals surface area contributed by atoms with Crippen molar-refractivity contribution < 1.29 is 13.2 Å². The van der Waals surface area contributed by atoms with Crippen LogP contribution in [0.5, 0.6) is 0 Å². The fourth-order valence-corrected chi connectivity index (χ4v) is 6.12. The number of H-pyrrole nitrogens is 1. The number of anilines is 1. The molecule has 0 bridgehead atoms. The van der Waals surface area contributed by atoms with Crippen molar-refractivity contribution in [2.75, 3.05) is 11.9 Å². The van der Waals surface area contributed by atoms with Gasteiger partial charge < -0.3 is 10.3 Å². The minimum absolute atomic E-state index is 0.0172. The molecular formula is C26H26N4O3S. The number of nitrogens with one attached hydrogen (secondary N) is 2. The molecular weight excluding hydrogens is 448 g/mol. The molecule has 0 unspecified atom stereocenters. The molecule has 1 aliphatic rings. The van der Waals surface area contributed by atoms with Crippen LogP contribution in [0, 0.1) is 0 Å². The average Bonchev–Trinajstić information content (AvgIpc) is 3.29. The number of para-hydroxylation sites is 3. The summed E-state index contributed by atoms with van der Waals surface area (Å²) in [4.78, 5) is 21.1. The van der Waals surface area contributed by atoms with Crippen molar-refractivity contribution in [3.8, 4) is 11.4 Å². The number of benzene rings is 3. The number of rotatable bonds is 5. The lowest BCUT2D eigenvalue weighted by molar-refractivity contribution is 0.102. The second-order valence-corrected chi connectivity index (χ2v) is 10.5. The van der Waals surface area contributed by atoms with E-state index in [0.717, 1.165) is 35.9 Å². The molecule has 0 saturated carbocycles. The van der Waals surface area contributed by atoms with Crippen molar-refractivity contribution in [2.45, 2.75) is 37.1 Å². The van der Waals surface area contributed by atoms with Gasteiger partial charge in [-0.25, -0.2) is 13.4 Å². The number of aromatic nitrogens is 2. The predicted molar refractivity (Wildman–Crippen MR) is 133 cm³/mol. The molecule has 1 aromatic heterocycles. The van der Waals surface area contributed by atoms with Gasteiger partial charge in [-0.1, -0.05) is 30.7 Å². The molecule has 2 N–H and O–H groups in total. The zero-order valence-corrected chi connectivity index (χ0v) is 19.7. The SMILES string of the molecule is C[C@H]1CCCCN1S(=O)(=O)c1ccc(C(=O)Nc2ccccc2-c2nc3ccccc3[nH]2)cc1. The van der Waals surface area contributed by atoms with Gasteiger partial charge >= 0.3 is 0 Å². The normalized spacial score (nSPS) is 17.0. The molecule has 7 nitrogen and oxygen atoms in total. The highest BCUT2D eigenvalue weighted by Gasteiger charge is 2.31. The van der Waals surface area contributed by atoms with E-state index < -0.39 is 10.0 Å². The van der Waals surface area contributed by atoms with Crippen molar-refractivity contribution in [1.29, 1.82) is 0 Å². The van der Waals surface area contributed by atoms with E-state index >= 15 is 0 Å². The third-order valence-electron chi connectivity index (χ3n) is 6.28. The number of aromatic amines is 1. The van der Waals surface area contributed by atoms with Crippen LogP contribution in [-0.4, -0.2) is 41.2 Å². The van der Waals surface area contributed by atoms with Crippen molar-refractivity contribution in [3.63, 3.8) is 0 Å². The molecule has 1 fully saturated rings. The summed E-state index contributed by atoms with van der Waals surface area (Å²) in [6.07, 6.45) is 2.78.